The highest BCUT2D eigenvalue weighted by atomic mass is 32.2. The molecule has 4 rings (SSSR count). The molecule has 2 heterocycles. The van der Waals surface area contributed by atoms with Crippen molar-refractivity contribution in [3.05, 3.63) is 77.5 Å². The number of thioether (sulfide) groups is 1. The van der Waals surface area contributed by atoms with Gasteiger partial charge < -0.3 is 10.2 Å². The van der Waals surface area contributed by atoms with Crippen LogP contribution < -0.4 is 10.2 Å². The zero-order valence-electron chi connectivity index (χ0n) is 15.8. The molecule has 1 aliphatic heterocycles. The number of carbonyl (C=O) groups is 1. The quantitative estimate of drug-likeness (QED) is 0.525. The maximum absolute atomic E-state index is 12.2. The van der Waals surface area contributed by atoms with E-state index in [2.05, 4.69) is 44.5 Å². The van der Waals surface area contributed by atoms with Crippen LogP contribution in [0.3, 0.4) is 0 Å². The Kier molecular flexibility index (Phi) is 5.58. The molecule has 2 aromatic carbocycles. The van der Waals surface area contributed by atoms with E-state index < -0.39 is 0 Å². The van der Waals surface area contributed by atoms with E-state index in [0.29, 0.717) is 5.16 Å². The maximum atomic E-state index is 12.2. The fraction of sp³-hybridized carbons (Fsp3) is 0.227. The molecule has 5 nitrogen and oxygen atoms in total. The van der Waals surface area contributed by atoms with E-state index in [1.54, 1.807) is 6.20 Å². The minimum Gasteiger partial charge on any atom is -0.352 e. The van der Waals surface area contributed by atoms with Crippen LogP contribution >= 0.6 is 11.8 Å². The molecule has 0 radical (unpaired) electrons. The van der Waals surface area contributed by atoms with Crippen molar-refractivity contribution in [1.82, 2.24) is 9.97 Å². The minimum absolute atomic E-state index is 0.0588. The molecule has 0 saturated carbocycles. The topological polar surface area (TPSA) is 58.1 Å². The van der Waals surface area contributed by atoms with Crippen molar-refractivity contribution in [2.45, 2.75) is 25.0 Å². The number of amides is 1. The van der Waals surface area contributed by atoms with Crippen molar-refractivity contribution in [1.29, 1.82) is 0 Å². The highest BCUT2D eigenvalue weighted by Gasteiger charge is 2.17. The zero-order valence-corrected chi connectivity index (χ0v) is 16.6. The van der Waals surface area contributed by atoms with E-state index in [0.717, 1.165) is 36.6 Å². The number of anilines is 2. The first-order valence-electron chi connectivity index (χ1n) is 9.31. The molecule has 0 spiro atoms. The Morgan fingerprint density at radius 3 is 2.86 bits per heavy atom. The van der Waals surface area contributed by atoms with Gasteiger partial charge in [0.25, 0.3) is 0 Å². The number of aryl methyl sites for hydroxylation is 1. The monoisotopic (exact) mass is 390 g/mol. The van der Waals surface area contributed by atoms with E-state index >= 15 is 0 Å². The van der Waals surface area contributed by atoms with Gasteiger partial charge in [0.2, 0.25) is 5.91 Å². The third-order valence-electron chi connectivity index (χ3n) is 4.71. The molecule has 1 N–H and O–H groups in total. The van der Waals surface area contributed by atoms with Gasteiger partial charge in [0.05, 0.1) is 5.75 Å². The van der Waals surface area contributed by atoms with Crippen LogP contribution in [0.1, 0.15) is 16.7 Å². The van der Waals surface area contributed by atoms with Crippen LogP contribution in [0.15, 0.2) is 66.0 Å². The molecule has 3 aromatic rings. The van der Waals surface area contributed by atoms with E-state index in [9.17, 15) is 4.79 Å². The Labute approximate surface area is 169 Å². The highest BCUT2D eigenvalue weighted by molar-refractivity contribution is 7.99. The van der Waals surface area contributed by atoms with Crippen LogP contribution in [0.4, 0.5) is 11.5 Å². The molecule has 0 unspecified atom stereocenters. The van der Waals surface area contributed by atoms with Crippen LogP contribution in [0.5, 0.6) is 0 Å². The molecule has 142 valence electrons. The second kappa shape index (κ2) is 8.44. The molecule has 28 heavy (non-hydrogen) atoms. The fourth-order valence-corrected chi connectivity index (χ4v) is 3.94. The van der Waals surface area contributed by atoms with Gasteiger partial charge in [0, 0.05) is 25.0 Å². The van der Waals surface area contributed by atoms with Gasteiger partial charge in [-0.2, -0.15) is 0 Å². The Morgan fingerprint density at radius 1 is 1.14 bits per heavy atom. The molecule has 0 aliphatic carbocycles. The molecule has 0 saturated heterocycles. The fourth-order valence-electron chi connectivity index (χ4n) is 3.32. The van der Waals surface area contributed by atoms with Crippen LogP contribution in [-0.2, 0) is 17.8 Å². The van der Waals surface area contributed by atoms with E-state index in [1.807, 2.05) is 37.3 Å². The van der Waals surface area contributed by atoms with E-state index in [4.69, 9.17) is 0 Å². The summed E-state index contributed by atoms with van der Waals surface area (Å²) in [6.45, 7) is 3.79. The Bertz CT molecular complexity index is 992. The number of benzene rings is 2. The SMILES string of the molecule is Cc1cccc(NC(=O)CSc2nccc(N3CCc4ccccc4C3)n2)c1. The first-order chi connectivity index (χ1) is 13.7. The largest absolute Gasteiger partial charge is 0.352 e. The second-order valence-corrected chi connectivity index (χ2v) is 7.79. The van der Waals surface area contributed by atoms with Crippen LogP contribution in [0, 0.1) is 6.92 Å². The summed E-state index contributed by atoms with van der Waals surface area (Å²) >= 11 is 1.35. The van der Waals surface area contributed by atoms with Crippen LogP contribution in [0.25, 0.3) is 0 Å². The average Bonchev–Trinajstić information content (AvgIpc) is 2.72. The first-order valence-corrected chi connectivity index (χ1v) is 10.3. The Hall–Kier alpha value is -2.86. The summed E-state index contributed by atoms with van der Waals surface area (Å²) in [5.74, 6) is 1.13. The second-order valence-electron chi connectivity index (χ2n) is 6.84. The number of hydrogen-bond acceptors (Lipinski definition) is 5. The maximum Gasteiger partial charge on any atom is 0.234 e. The van der Waals surface area contributed by atoms with Gasteiger partial charge in [0.1, 0.15) is 5.82 Å². The molecule has 1 amide bonds. The predicted molar refractivity (Wildman–Crippen MR) is 114 cm³/mol. The number of hydrogen-bond donors (Lipinski definition) is 1. The van der Waals surface area contributed by atoms with Gasteiger partial charge >= 0.3 is 0 Å². The van der Waals surface area contributed by atoms with Crippen molar-refractivity contribution < 1.29 is 4.79 Å². The summed E-state index contributed by atoms with van der Waals surface area (Å²) in [5, 5.41) is 3.54. The lowest BCUT2D eigenvalue weighted by atomic mass is 10.00. The summed E-state index contributed by atoms with van der Waals surface area (Å²) in [6.07, 6.45) is 2.78. The van der Waals surface area contributed by atoms with Crippen LogP contribution in [0.2, 0.25) is 0 Å². The van der Waals surface area contributed by atoms with Gasteiger partial charge in [0.15, 0.2) is 5.16 Å². The van der Waals surface area contributed by atoms with Gasteiger partial charge in [-0.1, -0.05) is 48.2 Å². The van der Waals surface area contributed by atoms with Gasteiger partial charge in [-0.05, 0) is 48.2 Å². The lowest BCUT2D eigenvalue weighted by Crippen LogP contribution is -2.31. The van der Waals surface area contributed by atoms with Crippen LogP contribution in [-0.4, -0.2) is 28.2 Å². The number of carbonyl (C=O) groups excluding carboxylic acids is 1. The normalized spacial score (nSPS) is 13.1. The highest BCUT2D eigenvalue weighted by Crippen LogP contribution is 2.24. The molecule has 0 atom stereocenters. The molecular formula is C22H22N4OS. The molecular weight excluding hydrogens is 368 g/mol. The van der Waals surface area contributed by atoms with Crippen molar-refractivity contribution >= 4 is 29.2 Å². The number of fused-ring (bicyclic) bond motifs is 1. The Balaban J connectivity index is 1.37. The minimum atomic E-state index is -0.0588. The first kappa shape index (κ1) is 18.5. The smallest absolute Gasteiger partial charge is 0.234 e. The molecule has 6 heteroatoms. The number of nitrogens with one attached hydrogen (secondary N) is 1. The summed E-state index contributed by atoms with van der Waals surface area (Å²) in [7, 11) is 0. The third kappa shape index (κ3) is 4.51. The number of aromatic nitrogens is 2. The lowest BCUT2D eigenvalue weighted by Gasteiger charge is -2.29. The Morgan fingerprint density at radius 2 is 2.00 bits per heavy atom. The van der Waals surface area contributed by atoms with Crippen molar-refractivity contribution in [2.24, 2.45) is 0 Å². The van der Waals surface area contributed by atoms with Gasteiger partial charge in [-0.25, -0.2) is 9.97 Å². The predicted octanol–water partition coefficient (Wildman–Crippen LogP) is 4.08. The van der Waals surface area contributed by atoms with Gasteiger partial charge in [-0.15, -0.1) is 0 Å². The molecule has 1 aliphatic rings. The summed E-state index contributed by atoms with van der Waals surface area (Å²) < 4.78 is 0. The van der Waals surface area contributed by atoms with Crippen molar-refractivity contribution in [3.8, 4) is 0 Å². The van der Waals surface area contributed by atoms with Crippen molar-refractivity contribution in [2.75, 3.05) is 22.5 Å². The van der Waals surface area contributed by atoms with E-state index in [1.165, 1.54) is 22.9 Å². The number of nitrogens with zero attached hydrogens (tertiary/aromatic N) is 3. The lowest BCUT2D eigenvalue weighted by molar-refractivity contribution is -0.113. The number of rotatable bonds is 5. The van der Waals surface area contributed by atoms with E-state index in [-0.39, 0.29) is 11.7 Å². The van der Waals surface area contributed by atoms with Gasteiger partial charge in [-0.3, -0.25) is 4.79 Å². The average molecular weight is 391 g/mol. The standard InChI is InChI=1S/C22H22N4OS/c1-16-5-4-8-19(13-16)24-21(27)15-28-22-23-11-9-20(25-22)26-12-10-17-6-2-3-7-18(17)14-26/h2-9,11,13H,10,12,14-15H2,1H3,(H,24,27). The summed E-state index contributed by atoms with van der Waals surface area (Å²) in [6, 6.07) is 18.3. The molecule has 0 fully saturated rings. The van der Waals surface area contributed by atoms with Crippen molar-refractivity contribution in [3.63, 3.8) is 0 Å². The zero-order chi connectivity index (χ0) is 19.3. The molecule has 1 aromatic heterocycles. The third-order valence-corrected chi connectivity index (χ3v) is 5.57. The summed E-state index contributed by atoms with van der Waals surface area (Å²) in [5.41, 5.74) is 4.69. The summed E-state index contributed by atoms with van der Waals surface area (Å²) in [4.78, 5) is 23.5. The molecule has 0 bridgehead atoms.